The molecule has 0 atom stereocenters. The van der Waals surface area contributed by atoms with E-state index >= 15 is 0 Å². The molecule has 3 heterocycles. The molecule has 8 nitrogen and oxygen atoms in total. The third-order valence-corrected chi connectivity index (χ3v) is 5.07. The molecule has 0 aliphatic carbocycles. The zero-order chi connectivity index (χ0) is 15.7. The summed E-state index contributed by atoms with van der Waals surface area (Å²) in [7, 11) is 0. The highest BCUT2D eigenvalue weighted by atomic mass is 79.9. The van der Waals surface area contributed by atoms with E-state index in [1.807, 2.05) is 6.07 Å². The molecular formula is C11H5BrN4O4S2. The van der Waals surface area contributed by atoms with E-state index < -0.39 is 10.8 Å². The molecule has 0 fully saturated rings. The van der Waals surface area contributed by atoms with Gasteiger partial charge in [0, 0.05) is 6.07 Å². The number of nitrogens with zero attached hydrogens (tertiary/aromatic N) is 3. The van der Waals surface area contributed by atoms with Gasteiger partial charge in [0.05, 0.1) is 18.5 Å². The molecule has 11 heteroatoms. The molecule has 22 heavy (non-hydrogen) atoms. The average Bonchev–Trinajstić information content (AvgIpc) is 3.17. The second-order valence-electron chi connectivity index (χ2n) is 3.87. The van der Waals surface area contributed by atoms with Gasteiger partial charge in [0.25, 0.3) is 11.8 Å². The number of hydrogen-bond acceptors (Lipinski definition) is 8. The van der Waals surface area contributed by atoms with Crippen LogP contribution in [0.3, 0.4) is 0 Å². The lowest BCUT2D eigenvalue weighted by molar-refractivity contribution is -0.380. The van der Waals surface area contributed by atoms with Crippen molar-refractivity contribution in [3.63, 3.8) is 0 Å². The predicted octanol–water partition coefficient (Wildman–Crippen LogP) is 3.78. The minimum absolute atomic E-state index is 0.0689. The van der Waals surface area contributed by atoms with Crippen LogP contribution in [0.25, 0.3) is 10.8 Å². The van der Waals surface area contributed by atoms with Crippen molar-refractivity contribution < 1.29 is 14.1 Å². The van der Waals surface area contributed by atoms with Crippen molar-refractivity contribution >= 4 is 55.5 Å². The first-order chi connectivity index (χ1) is 10.5. The maximum absolute atomic E-state index is 11.9. The van der Waals surface area contributed by atoms with E-state index in [2.05, 4.69) is 31.4 Å². The second-order valence-corrected chi connectivity index (χ2v) is 7.39. The van der Waals surface area contributed by atoms with Gasteiger partial charge in [0.2, 0.25) is 0 Å². The Morgan fingerprint density at radius 2 is 2.09 bits per heavy atom. The number of carbonyl (C=O) groups is 1. The molecule has 1 amide bonds. The molecule has 0 aliphatic heterocycles. The highest BCUT2D eigenvalue weighted by Gasteiger charge is 2.18. The molecule has 3 rings (SSSR count). The standard InChI is InChI=1S/C11H5BrN4O4S2/c12-7-3-1-6(21-7)10-14-15-11(20-10)13-9(17)5-2-4-8(22-5)16(18)19/h1-4H,(H,13,15,17). The van der Waals surface area contributed by atoms with E-state index in [-0.39, 0.29) is 21.8 Å². The van der Waals surface area contributed by atoms with Crippen LogP contribution in [-0.4, -0.2) is 21.0 Å². The maximum atomic E-state index is 11.9. The summed E-state index contributed by atoms with van der Waals surface area (Å²) in [4.78, 5) is 22.9. The fraction of sp³-hybridized carbons (Fsp3) is 0. The SMILES string of the molecule is O=C(Nc1nnc(-c2ccc(Br)s2)o1)c1ccc([N+](=O)[O-])s1. The van der Waals surface area contributed by atoms with Crippen molar-refractivity contribution in [3.8, 4) is 10.8 Å². The van der Waals surface area contributed by atoms with Gasteiger partial charge in [0.1, 0.15) is 0 Å². The van der Waals surface area contributed by atoms with E-state index in [0.29, 0.717) is 0 Å². The van der Waals surface area contributed by atoms with Gasteiger partial charge in [-0.2, -0.15) is 0 Å². The number of anilines is 1. The molecule has 0 spiro atoms. The Balaban J connectivity index is 1.74. The molecule has 0 aliphatic rings. The molecule has 3 aromatic rings. The third kappa shape index (κ3) is 3.05. The summed E-state index contributed by atoms with van der Waals surface area (Å²) in [5, 5.41) is 20.5. The Kier molecular flexibility index (Phi) is 4.00. The van der Waals surface area contributed by atoms with Crippen LogP contribution in [0.15, 0.2) is 32.5 Å². The number of thiophene rings is 2. The lowest BCUT2D eigenvalue weighted by atomic mass is 10.4. The zero-order valence-electron chi connectivity index (χ0n) is 10.5. The van der Waals surface area contributed by atoms with Crippen molar-refractivity contribution in [1.29, 1.82) is 0 Å². The van der Waals surface area contributed by atoms with Gasteiger partial charge in [-0.25, -0.2) is 0 Å². The van der Waals surface area contributed by atoms with Crippen LogP contribution >= 0.6 is 38.6 Å². The van der Waals surface area contributed by atoms with Crippen LogP contribution in [0, 0.1) is 10.1 Å². The van der Waals surface area contributed by atoms with Crippen LogP contribution in [0.4, 0.5) is 11.0 Å². The van der Waals surface area contributed by atoms with Crippen LogP contribution in [0.1, 0.15) is 9.67 Å². The fourth-order valence-corrected chi connectivity index (χ4v) is 3.53. The summed E-state index contributed by atoms with van der Waals surface area (Å²) in [6.45, 7) is 0. The van der Waals surface area contributed by atoms with Gasteiger partial charge in [-0.3, -0.25) is 20.2 Å². The smallest absolute Gasteiger partial charge is 0.324 e. The van der Waals surface area contributed by atoms with Gasteiger partial charge >= 0.3 is 11.0 Å². The Labute approximate surface area is 139 Å². The maximum Gasteiger partial charge on any atom is 0.324 e. The van der Waals surface area contributed by atoms with Gasteiger partial charge in [-0.05, 0) is 34.1 Å². The molecule has 0 saturated heterocycles. The normalized spacial score (nSPS) is 10.6. The Bertz CT molecular complexity index is 856. The van der Waals surface area contributed by atoms with Crippen LogP contribution in [0.2, 0.25) is 0 Å². The van der Waals surface area contributed by atoms with Crippen LogP contribution in [-0.2, 0) is 0 Å². The van der Waals surface area contributed by atoms with Gasteiger partial charge in [-0.15, -0.1) is 16.4 Å². The van der Waals surface area contributed by atoms with Gasteiger partial charge < -0.3 is 4.42 Å². The summed E-state index contributed by atoms with van der Waals surface area (Å²) < 4.78 is 6.25. The summed E-state index contributed by atoms with van der Waals surface area (Å²) in [5.74, 6) is -0.260. The summed E-state index contributed by atoms with van der Waals surface area (Å²) in [6.07, 6.45) is 0. The number of aromatic nitrogens is 2. The van der Waals surface area contributed by atoms with E-state index in [9.17, 15) is 14.9 Å². The molecule has 0 radical (unpaired) electrons. The van der Waals surface area contributed by atoms with Crippen LogP contribution < -0.4 is 5.32 Å². The summed E-state index contributed by atoms with van der Waals surface area (Å²) in [5.41, 5.74) is 0. The second kappa shape index (κ2) is 5.94. The number of hydrogen-bond donors (Lipinski definition) is 1. The molecular weight excluding hydrogens is 396 g/mol. The molecule has 0 aromatic carbocycles. The first-order valence-electron chi connectivity index (χ1n) is 5.68. The largest absolute Gasteiger partial charge is 0.402 e. The number of rotatable bonds is 4. The lowest BCUT2D eigenvalue weighted by Crippen LogP contribution is -2.10. The topological polar surface area (TPSA) is 111 Å². The lowest BCUT2D eigenvalue weighted by Gasteiger charge is -1.95. The number of amides is 1. The average molecular weight is 401 g/mol. The molecule has 0 unspecified atom stereocenters. The van der Waals surface area contributed by atoms with E-state index in [0.717, 1.165) is 20.0 Å². The Hall–Kier alpha value is -2.11. The molecule has 112 valence electrons. The van der Waals surface area contributed by atoms with E-state index in [1.54, 1.807) is 6.07 Å². The molecule has 1 N–H and O–H groups in total. The number of nitrogens with one attached hydrogen (secondary N) is 1. The molecule has 0 saturated carbocycles. The number of carbonyl (C=O) groups excluding carboxylic acids is 1. The summed E-state index contributed by atoms with van der Waals surface area (Å²) in [6, 6.07) is 6.21. The minimum Gasteiger partial charge on any atom is -0.402 e. The van der Waals surface area contributed by atoms with Crippen molar-refractivity contribution in [2.75, 3.05) is 5.32 Å². The molecule has 0 bridgehead atoms. The molecule has 3 aromatic heterocycles. The van der Waals surface area contributed by atoms with Crippen molar-refractivity contribution in [3.05, 3.63) is 43.0 Å². The highest BCUT2D eigenvalue weighted by Crippen LogP contribution is 2.31. The Morgan fingerprint density at radius 1 is 1.27 bits per heavy atom. The number of nitro groups is 1. The number of halogens is 1. The quantitative estimate of drug-likeness (QED) is 0.526. The zero-order valence-corrected chi connectivity index (χ0v) is 13.7. The van der Waals surface area contributed by atoms with Crippen molar-refractivity contribution in [1.82, 2.24) is 10.2 Å². The third-order valence-electron chi connectivity index (χ3n) is 2.42. The Morgan fingerprint density at radius 3 is 2.73 bits per heavy atom. The highest BCUT2D eigenvalue weighted by molar-refractivity contribution is 9.11. The van der Waals surface area contributed by atoms with Gasteiger partial charge in [0.15, 0.2) is 0 Å². The fourth-order valence-electron chi connectivity index (χ4n) is 1.51. The van der Waals surface area contributed by atoms with E-state index in [1.165, 1.54) is 23.5 Å². The summed E-state index contributed by atoms with van der Waals surface area (Å²) >= 11 is 5.51. The first kappa shape index (κ1) is 14.8. The predicted molar refractivity (Wildman–Crippen MR) is 84.2 cm³/mol. The first-order valence-corrected chi connectivity index (χ1v) is 8.10. The van der Waals surface area contributed by atoms with Crippen molar-refractivity contribution in [2.45, 2.75) is 0 Å². The van der Waals surface area contributed by atoms with E-state index in [4.69, 9.17) is 4.42 Å². The van der Waals surface area contributed by atoms with Gasteiger partial charge in [-0.1, -0.05) is 16.4 Å². The van der Waals surface area contributed by atoms with Crippen molar-refractivity contribution in [2.24, 2.45) is 0 Å². The van der Waals surface area contributed by atoms with Crippen LogP contribution in [0.5, 0.6) is 0 Å². The monoisotopic (exact) mass is 400 g/mol. The minimum atomic E-state index is -0.555.